The average Bonchev–Trinajstić information content (AvgIpc) is 2.41. The maximum absolute atomic E-state index is 11.6. The molecule has 0 aromatic rings. The Kier molecular flexibility index (Phi) is 8.86. The van der Waals surface area contributed by atoms with Gasteiger partial charge in [-0.3, -0.25) is 4.79 Å². The first-order valence-corrected chi connectivity index (χ1v) is 8.30. The number of carbonyl (C=O) groups is 1. The third-order valence-electron chi connectivity index (χ3n) is 3.98. The van der Waals surface area contributed by atoms with Gasteiger partial charge in [-0.05, 0) is 57.8 Å². The molecule has 2 N–H and O–H groups in total. The Bertz CT molecular complexity index is 260. The molecule has 4 nitrogen and oxygen atoms in total. The fourth-order valence-electron chi connectivity index (χ4n) is 2.54. The lowest BCUT2D eigenvalue weighted by Crippen LogP contribution is -2.35. The summed E-state index contributed by atoms with van der Waals surface area (Å²) in [6.07, 6.45) is 5.30. The number of carbonyl (C=O) groups excluding carboxylic acids is 1. The van der Waals surface area contributed by atoms with Gasteiger partial charge in [0.05, 0.1) is 0 Å². The SMILES string of the molecule is CC1CCN(CCCNC(=O)CCCNC(C)C)CC1. The normalized spacial score (nSPS) is 17.6. The zero-order valence-electron chi connectivity index (χ0n) is 13.6. The van der Waals surface area contributed by atoms with Crippen LogP contribution in [0.15, 0.2) is 0 Å². The van der Waals surface area contributed by atoms with Gasteiger partial charge in [0, 0.05) is 19.0 Å². The van der Waals surface area contributed by atoms with Crippen LogP contribution in [0, 0.1) is 5.92 Å². The maximum Gasteiger partial charge on any atom is 0.220 e. The predicted octanol–water partition coefficient (Wildman–Crippen LogP) is 2.00. The van der Waals surface area contributed by atoms with Crippen molar-refractivity contribution in [3.63, 3.8) is 0 Å². The van der Waals surface area contributed by atoms with Gasteiger partial charge in [-0.25, -0.2) is 0 Å². The number of nitrogens with one attached hydrogen (secondary N) is 2. The quantitative estimate of drug-likeness (QED) is 0.636. The van der Waals surface area contributed by atoms with E-state index in [1.165, 1.54) is 25.9 Å². The van der Waals surface area contributed by atoms with Crippen LogP contribution in [0.1, 0.15) is 52.9 Å². The van der Waals surface area contributed by atoms with Crippen molar-refractivity contribution >= 4 is 5.91 Å². The summed E-state index contributed by atoms with van der Waals surface area (Å²) in [5.41, 5.74) is 0. The van der Waals surface area contributed by atoms with Gasteiger partial charge in [0.2, 0.25) is 5.91 Å². The van der Waals surface area contributed by atoms with Gasteiger partial charge >= 0.3 is 0 Å². The second kappa shape index (κ2) is 10.2. The van der Waals surface area contributed by atoms with Crippen LogP contribution in [-0.4, -0.2) is 49.6 Å². The highest BCUT2D eigenvalue weighted by Crippen LogP contribution is 2.15. The number of amides is 1. The van der Waals surface area contributed by atoms with Crippen LogP contribution in [0.4, 0.5) is 0 Å². The Labute approximate surface area is 124 Å². The molecule has 0 aromatic heterocycles. The number of nitrogens with zero attached hydrogens (tertiary/aromatic N) is 1. The minimum atomic E-state index is 0.197. The van der Waals surface area contributed by atoms with Crippen molar-refractivity contribution in [2.75, 3.05) is 32.7 Å². The first-order valence-electron chi connectivity index (χ1n) is 8.30. The molecule has 0 bridgehead atoms. The van der Waals surface area contributed by atoms with Gasteiger partial charge < -0.3 is 15.5 Å². The maximum atomic E-state index is 11.6. The smallest absolute Gasteiger partial charge is 0.220 e. The number of hydrogen-bond acceptors (Lipinski definition) is 3. The van der Waals surface area contributed by atoms with Gasteiger partial charge in [-0.15, -0.1) is 0 Å². The van der Waals surface area contributed by atoms with Gasteiger partial charge in [-0.2, -0.15) is 0 Å². The molecule has 1 fully saturated rings. The molecule has 0 atom stereocenters. The first-order chi connectivity index (χ1) is 9.58. The van der Waals surface area contributed by atoms with Crippen LogP contribution in [0.25, 0.3) is 0 Å². The Balaban J connectivity index is 1.91. The van der Waals surface area contributed by atoms with Gasteiger partial charge in [0.25, 0.3) is 0 Å². The molecule has 1 saturated heterocycles. The molecule has 0 unspecified atom stereocenters. The summed E-state index contributed by atoms with van der Waals surface area (Å²) < 4.78 is 0. The minimum absolute atomic E-state index is 0.197. The summed E-state index contributed by atoms with van der Waals surface area (Å²) in [5.74, 6) is 1.09. The zero-order chi connectivity index (χ0) is 14.8. The molecule has 1 aliphatic rings. The van der Waals surface area contributed by atoms with Crippen LogP contribution in [0.2, 0.25) is 0 Å². The Morgan fingerprint density at radius 2 is 1.90 bits per heavy atom. The largest absolute Gasteiger partial charge is 0.356 e. The van der Waals surface area contributed by atoms with E-state index in [1.54, 1.807) is 0 Å². The molecule has 20 heavy (non-hydrogen) atoms. The lowest BCUT2D eigenvalue weighted by molar-refractivity contribution is -0.121. The molecule has 0 aromatic carbocycles. The standard InChI is InChI=1S/C16H33N3O/c1-14(2)17-9-4-6-16(20)18-10-5-11-19-12-7-15(3)8-13-19/h14-15,17H,4-13H2,1-3H3,(H,18,20). The highest BCUT2D eigenvalue weighted by atomic mass is 16.1. The monoisotopic (exact) mass is 283 g/mol. The molecule has 1 aliphatic heterocycles. The van der Waals surface area contributed by atoms with E-state index in [1.807, 2.05) is 0 Å². The second-order valence-corrected chi connectivity index (χ2v) is 6.44. The van der Waals surface area contributed by atoms with E-state index >= 15 is 0 Å². The number of rotatable bonds is 9. The molecule has 0 saturated carbocycles. The summed E-state index contributed by atoms with van der Waals surface area (Å²) >= 11 is 0. The summed E-state index contributed by atoms with van der Waals surface area (Å²) in [6, 6.07) is 0.505. The van der Waals surface area contributed by atoms with Crippen molar-refractivity contribution in [1.29, 1.82) is 0 Å². The summed E-state index contributed by atoms with van der Waals surface area (Å²) in [6.45, 7) is 11.9. The average molecular weight is 283 g/mol. The summed E-state index contributed by atoms with van der Waals surface area (Å²) in [4.78, 5) is 14.2. The van der Waals surface area contributed by atoms with Crippen molar-refractivity contribution < 1.29 is 4.79 Å². The van der Waals surface area contributed by atoms with Crippen molar-refractivity contribution in [3.8, 4) is 0 Å². The summed E-state index contributed by atoms with van der Waals surface area (Å²) in [7, 11) is 0. The number of hydrogen-bond donors (Lipinski definition) is 2. The molecular formula is C16H33N3O. The highest BCUT2D eigenvalue weighted by molar-refractivity contribution is 5.75. The molecule has 4 heteroatoms. The molecule has 1 rings (SSSR count). The van der Waals surface area contributed by atoms with E-state index in [2.05, 4.69) is 36.3 Å². The van der Waals surface area contributed by atoms with E-state index in [4.69, 9.17) is 0 Å². The van der Waals surface area contributed by atoms with Gasteiger partial charge in [0.15, 0.2) is 0 Å². The Hall–Kier alpha value is -0.610. The van der Waals surface area contributed by atoms with E-state index < -0.39 is 0 Å². The van der Waals surface area contributed by atoms with Crippen LogP contribution in [0.5, 0.6) is 0 Å². The fraction of sp³-hybridized carbons (Fsp3) is 0.938. The lowest BCUT2D eigenvalue weighted by Gasteiger charge is -2.30. The fourth-order valence-corrected chi connectivity index (χ4v) is 2.54. The van der Waals surface area contributed by atoms with Crippen molar-refractivity contribution in [1.82, 2.24) is 15.5 Å². The number of likely N-dealkylation sites (tertiary alicyclic amines) is 1. The number of piperidine rings is 1. The van der Waals surface area contributed by atoms with E-state index in [0.29, 0.717) is 12.5 Å². The molecule has 118 valence electrons. The van der Waals surface area contributed by atoms with E-state index in [0.717, 1.165) is 38.4 Å². The topological polar surface area (TPSA) is 44.4 Å². The van der Waals surface area contributed by atoms with Gasteiger partial charge in [0.1, 0.15) is 0 Å². The minimum Gasteiger partial charge on any atom is -0.356 e. The second-order valence-electron chi connectivity index (χ2n) is 6.44. The Morgan fingerprint density at radius 1 is 1.20 bits per heavy atom. The van der Waals surface area contributed by atoms with Gasteiger partial charge in [-0.1, -0.05) is 20.8 Å². The highest BCUT2D eigenvalue weighted by Gasteiger charge is 2.14. The van der Waals surface area contributed by atoms with Crippen molar-refractivity contribution in [2.24, 2.45) is 5.92 Å². The molecule has 0 spiro atoms. The Morgan fingerprint density at radius 3 is 2.55 bits per heavy atom. The molecule has 0 aliphatic carbocycles. The van der Waals surface area contributed by atoms with Crippen molar-refractivity contribution in [3.05, 3.63) is 0 Å². The molecule has 1 amide bonds. The van der Waals surface area contributed by atoms with Crippen LogP contribution < -0.4 is 10.6 Å². The molecule has 0 radical (unpaired) electrons. The van der Waals surface area contributed by atoms with Crippen LogP contribution in [0.3, 0.4) is 0 Å². The van der Waals surface area contributed by atoms with Crippen LogP contribution >= 0.6 is 0 Å². The van der Waals surface area contributed by atoms with E-state index in [9.17, 15) is 4.79 Å². The third-order valence-corrected chi connectivity index (χ3v) is 3.98. The van der Waals surface area contributed by atoms with Crippen molar-refractivity contribution in [2.45, 2.75) is 58.9 Å². The third kappa shape index (κ3) is 8.54. The van der Waals surface area contributed by atoms with Crippen LogP contribution in [-0.2, 0) is 4.79 Å². The predicted molar refractivity (Wildman–Crippen MR) is 84.8 cm³/mol. The zero-order valence-corrected chi connectivity index (χ0v) is 13.6. The van der Waals surface area contributed by atoms with E-state index in [-0.39, 0.29) is 5.91 Å². The molecular weight excluding hydrogens is 250 g/mol. The first kappa shape index (κ1) is 17.4. The summed E-state index contributed by atoms with van der Waals surface area (Å²) in [5, 5.41) is 6.35. The lowest BCUT2D eigenvalue weighted by atomic mass is 9.99. The molecule has 1 heterocycles.